The maximum atomic E-state index is 11.8. The molecule has 0 bridgehead atoms. The van der Waals surface area contributed by atoms with Gasteiger partial charge in [-0.2, -0.15) is 0 Å². The van der Waals surface area contributed by atoms with Gasteiger partial charge in [-0.15, -0.1) is 0 Å². The lowest BCUT2D eigenvalue weighted by Crippen LogP contribution is -2.28. The van der Waals surface area contributed by atoms with Crippen LogP contribution in [0.25, 0.3) is 0 Å². The van der Waals surface area contributed by atoms with Gasteiger partial charge in [0.1, 0.15) is 0 Å². The van der Waals surface area contributed by atoms with E-state index in [0.29, 0.717) is 0 Å². The van der Waals surface area contributed by atoms with Crippen molar-refractivity contribution in [2.24, 2.45) is 0 Å². The highest BCUT2D eigenvalue weighted by molar-refractivity contribution is 5.66. The lowest BCUT2D eigenvalue weighted by molar-refractivity contribution is -0.137. The molecule has 8 heteroatoms. The summed E-state index contributed by atoms with van der Waals surface area (Å²) in [6.45, 7) is 1.60. The maximum Gasteiger partial charge on any atom is 0.304 e. The molecule has 0 radical (unpaired) electrons. The van der Waals surface area contributed by atoms with Gasteiger partial charge in [-0.3, -0.25) is 14.5 Å². The van der Waals surface area contributed by atoms with Crippen molar-refractivity contribution in [3.63, 3.8) is 0 Å². The third-order valence-electron chi connectivity index (χ3n) is 3.21. The van der Waals surface area contributed by atoms with Gasteiger partial charge in [-0.1, -0.05) is 0 Å². The second-order valence-corrected chi connectivity index (χ2v) is 5.29. The van der Waals surface area contributed by atoms with E-state index < -0.39 is 29.9 Å². The molecule has 0 saturated heterocycles. The molecule has 0 aliphatic carbocycles. The number of aliphatic carboxylic acids is 1. The number of carboxylic acids is 1. The van der Waals surface area contributed by atoms with Gasteiger partial charge in [-0.25, -0.2) is 0 Å². The van der Waals surface area contributed by atoms with Gasteiger partial charge in [0, 0.05) is 31.4 Å². The summed E-state index contributed by atoms with van der Waals surface area (Å²) in [5, 5.41) is 37.6. The Labute approximate surface area is 127 Å². The predicted octanol–water partition coefficient (Wildman–Crippen LogP) is -0.666. The van der Waals surface area contributed by atoms with Gasteiger partial charge in [0.05, 0.1) is 24.8 Å². The number of pyridine rings is 1. The van der Waals surface area contributed by atoms with Crippen LogP contribution in [0.3, 0.4) is 0 Å². The fourth-order valence-corrected chi connectivity index (χ4v) is 2.15. The van der Waals surface area contributed by atoms with Crippen LogP contribution in [0.15, 0.2) is 10.9 Å². The molecule has 0 aliphatic rings. The first-order chi connectivity index (χ1) is 10.3. The molecule has 124 valence electrons. The first kappa shape index (κ1) is 18.1. The molecule has 1 rings (SSSR count). The summed E-state index contributed by atoms with van der Waals surface area (Å²) < 4.78 is 1.48. The van der Waals surface area contributed by atoms with E-state index in [9.17, 15) is 24.9 Å². The average Bonchev–Trinajstić information content (AvgIpc) is 2.43. The topological polar surface area (TPSA) is 123 Å². The molecule has 0 aromatic carbocycles. The minimum absolute atomic E-state index is 0.0718. The highest BCUT2D eigenvalue weighted by Gasteiger charge is 2.17. The average molecular weight is 314 g/mol. The maximum absolute atomic E-state index is 11.8. The van der Waals surface area contributed by atoms with E-state index in [0.717, 1.165) is 6.07 Å². The zero-order chi connectivity index (χ0) is 16.9. The number of carboxylic acid groups (broad SMARTS) is 1. The summed E-state index contributed by atoms with van der Waals surface area (Å²) in [5.74, 6) is -1.40. The molecule has 0 saturated carbocycles. The summed E-state index contributed by atoms with van der Waals surface area (Å²) in [7, 11) is 1.66. The Hall–Kier alpha value is -1.90. The Morgan fingerprint density at radius 3 is 2.59 bits per heavy atom. The summed E-state index contributed by atoms with van der Waals surface area (Å²) in [4.78, 5) is 24.0. The van der Waals surface area contributed by atoms with Gasteiger partial charge >= 0.3 is 5.97 Å². The van der Waals surface area contributed by atoms with Gasteiger partial charge in [0.2, 0.25) is 5.43 Å². The van der Waals surface area contributed by atoms with Gasteiger partial charge < -0.3 is 25.0 Å². The van der Waals surface area contributed by atoms with Crippen molar-refractivity contribution in [2.75, 3.05) is 13.6 Å². The molecule has 4 N–H and O–H groups in total. The second-order valence-electron chi connectivity index (χ2n) is 5.29. The molecule has 8 nitrogen and oxygen atoms in total. The van der Waals surface area contributed by atoms with Crippen molar-refractivity contribution < 1.29 is 25.2 Å². The van der Waals surface area contributed by atoms with Crippen molar-refractivity contribution in [1.29, 1.82) is 0 Å². The molecule has 1 unspecified atom stereocenters. The number of aliphatic hydroxyl groups is 2. The first-order valence-corrected chi connectivity index (χ1v) is 6.90. The SMILES string of the molecule is CC(O)Cn1c(CO)cc(=O)c(O)c1CN(C)CCC(=O)O. The number of aliphatic hydroxyl groups excluding tert-OH is 2. The molecule has 1 aromatic heterocycles. The van der Waals surface area contributed by atoms with E-state index in [1.54, 1.807) is 18.9 Å². The van der Waals surface area contributed by atoms with Crippen molar-refractivity contribution in [2.45, 2.75) is 39.1 Å². The van der Waals surface area contributed by atoms with Crippen LogP contribution in [0.4, 0.5) is 0 Å². The first-order valence-electron chi connectivity index (χ1n) is 6.90. The number of rotatable bonds is 8. The monoisotopic (exact) mass is 314 g/mol. The predicted molar refractivity (Wildman–Crippen MR) is 78.6 cm³/mol. The van der Waals surface area contributed by atoms with Crippen LogP contribution in [-0.4, -0.2) is 55.6 Å². The number of carbonyl (C=O) groups is 1. The van der Waals surface area contributed by atoms with Crippen molar-refractivity contribution >= 4 is 5.97 Å². The standard InChI is InChI=1S/C14H22N2O6/c1-9(18)6-16-10(8-17)5-12(19)14(22)11(16)7-15(2)4-3-13(20)21/h5,9,17-18,22H,3-4,6-8H2,1-2H3,(H,20,21). The smallest absolute Gasteiger partial charge is 0.304 e. The normalized spacial score (nSPS) is 12.6. The van der Waals surface area contributed by atoms with E-state index in [2.05, 4.69) is 0 Å². The summed E-state index contributed by atoms with van der Waals surface area (Å²) >= 11 is 0. The molecule has 0 spiro atoms. The summed E-state index contributed by atoms with van der Waals surface area (Å²) in [5.41, 5.74) is -0.0943. The lowest BCUT2D eigenvalue weighted by atomic mass is 10.2. The molecular weight excluding hydrogens is 292 g/mol. The summed E-state index contributed by atoms with van der Waals surface area (Å²) in [6, 6.07) is 1.12. The zero-order valence-electron chi connectivity index (χ0n) is 12.7. The lowest BCUT2D eigenvalue weighted by Gasteiger charge is -2.23. The second kappa shape index (κ2) is 7.92. The van der Waals surface area contributed by atoms with Crippen LogP contribution in [0.5, 0.6) is 5.75 Å². The molecule has 1 atom stereocenters. The molecule has 1 aromatic rings. The number of aromatic nitrogens is 1. The molecule has 0 fully saturated rings. The Morgan fingerprint density at radius 2 is 2.09 bits per heavy atom. The molecular formula is C14H22N2O6. The third kappa shape index (κ3) is 4.83. The van der Waals surface area contributed by atoms with Crippen LogP contribution >= 0.6 is 0 Å². The number of nitrogens with zero attached hydrogens (tertiary/aromatic N) is 2. The van der Waals surface area contributed by atoms with Crippen LogP contribution in [0.2, 0.25) is 0 Å². The number of hydrogen-bond acceptors (Lipinski definition) is 6. The summed E-state index contributed by atoms with van der Waals surface area (Å²) in [6.07, 6.45) is -0.812. The van der Waals surface area contributed by atoms with Gasteiger partial charge in [0.15, 0.2) is 5.75 Å². The van der Waals surface area contributed by atoms with Crippen LogP contribution in [-0.2, 0) is 24.5 Å². The number of aromatic hydroxyl groups is 1. The van der Waals surface area contributed by atoms with E-state index in [1.165, 1.54) is 4.57 Å². The minimum Gasteiger partial charge on any atom is -0.503 e. The quantitative estimate of drug-likeness (QED) is 0.502. The molecule has 0 amide bonds. The van der Waals surface area contributed by atoms with Crippen LogP contribution < -0.4 is 5.43 Å². The number of hydrogen-bond donors (Lipinski definition) is 4. The van der Waals surface area contributed by atoms with Crippen LogP contribution in [0.1, 0.15) is 24.7 Å². The van der Waals surface area contributed by atoms with Crippen molar-refractivity contribution in [1.82, 2.24) is 9.47 Å². The Kier molecular flexibility index (Phi) is 6.54. The fraction of sp³-hybridized carbons (Fsp3) is 0.571. The zero-order valence-corrected chi connectivity index (χ0v) is 12.7. The van der Waals surface area contributed by atoms with Gasteiger partial charge in [0.25, 0.3) is 0 Å². The highest BCUT2D eigenvalue weighted by atomic mass is 16.4. The van der Waals surface area contributed by atoms with E-state index in [-0.39, 0.29) is 37.4 Å². The van der Waals surface area contributed by atoms with Crippen molar-refractivity contribution in [3.05, 3.63) is 27.7 Å². The Bertz CT molecular complexity index is 581. The Morgan fingerprint density at radius 1 is 1.45 bits per heavy atom. The van der Waals surface area contributed by atoms with E-state index >= 15 is 0 Å². The minimum atomic E-state index is -0.943. The molecule has 0 aliphatic heterocycles. The van der Waals surface area contributed by atoms with E-state index in [4.69, 9.17) is 5.11 Å². The highest BCUT2D eigenvalue weighted by Crippen LogP contribution is 2.17. The molecule has 22 heavy (non-hydrogen) atoms. The fourth-order valence-electron chi connectivity index (χ4n) is 2.15. The Balaban J connectivity index is 3.16. The third-order valence-corrected chi connectivity index (χ3v) is 3.21. The molecule has 1 heterocycles. The van der Waals surface area contributed by atoms with Crippen molar-refractivity contribution in [3.8, 4) is 5.75 Å². The largest absolute Gasteiger partial charge is 0.503 e. The van der Waals surface area contributed by atoms with E-state index in [1.807, 2.05) is 0 Å². The van der Waals surface area contributed by atoms with Crippen LogP contribution in [0, 0.1) is 0 Å². The van der Waals surface area contributed by atoms with Gasteiger partial charge in [-0.05, 0) is 14.0 Å².